The van der Waals surface area contributed by atoms with Crippen LogP contribution in [0.15, 0.2) is 4.99 Å². The molecular formula is C14H28N4O4. The highest BCUT2D eigenvalue weighted by Gasteiger charge is 2.26. The van der Waals surface area contributed by atoms with E-state index in [2.05, 4.69) is 10.3 Å². The smallest absolute Gasteiger partial charge is 0.408 e. The van der Waals surface area contributed by atoms with E-state index in [1.807, 2.05) is 0 Å². The second kappa shape index (κ2) is 9.24. The van der Waals surface area contributed by atoms with E-state index < -0.39 is 17.7 Å². The fourth-order valence-electron chi connectivity index (χ4n) is 1.57. The maximum Gasteiger partial charge on any atom is 0.408 e. The minimum Gasteiger partial charge on any atom is -0.444 e. The number of amides is 2. The van der Waals surface area contributed by atoms with Crippen molar-refractivity contribution < 1.29 is 19.2 Å². The van der Waals surface area contributed by atoms with Crippen LogP contribution in [0, 0.1) is 0 Å². The van der Waals surface area contributed by atoms with Crippen LogP contribution in [-0.2, 0) is 14.4 Å². The van der Waals surface area contributed by atoms with Crippen molar-refractivity contribution in [2.24, 2.45) is 10.7 Å². The van der Waals surface area contributed by atoms with E-state index in [1.165, 1.54) is 14.2 Å². The molecule has 8 heteroatoms. The van der Waals surface area contributed by atoms with Crippen LogP contribution in [0.2, 0.25) is 0 Å². The summed E-state index contributed by atoms with van der Waals surface area (Å²) in [6.07, 6.45) is 0.356. The molecule has 0 rings (SSSR count). The molecule has 0 aliphatic carbocycles. The van der Waals surface area contributed by atoms with E-state index >= 15 is 0 Å². The number of aliphatic imine (C=N–C) groups is 1. The summed E-state index contributed by atoms with van der Waals surface area (Å²) in [5, 5.41) is 3.63. The Hall–Kier alpha value is -1.83. The minimum absolute atomic E-state index is 0.359. The van der Waals surface area contributed by atoms with Crippen LogP contribution in [0.25, 0.3) is 0 Å². The Balaban J connectivity index is 4.68. The number of carbonyl (C=O) groups is 2. The molecular weight excluding hydrogens is 288 g/mol. The summed E-state index contributed by atoms with van der Waals surface area (Å²) in [5.74, 6) is 0.124. The lowest BCUT2D eigenvalue weighted by Crippen LogP contribution is -2.48. The molecule has 0 saturated heterocycles. The second-order valence-corrected chi connectivity index (χ2v) is 5.88. The Morgan fingerprint density at radius 3 is 2.41 bits per heavy atom. The van der Waals surface area contributed by atoms with Gasteiger partial charge in [-0.1, -0.05) is 0 Å². The van der Waals surface area contributed by atoms with Crippen LogP contribution in [0.5, 0.6) is 0 Å². The van der Waals surface area contributed by atoms with Crippen molar-refractivity contribution in [2.75, 3.05) is 20.7 Å². The van der Waals surface area contributed by atoms with Gasteiger partial charge in [-0.25, -0.2) is 9.86 Å². The van der Waals surface area contributed by atoms with Crippen molar-refractivity contribution in [1.82, 2.24) is 10.4 Å². The Labute approximate surface area is 132 Å². The molecule has 0 bridgehead atoms. The molecule has 2 amide bonds. The molecule has 0 saturated carbocycles. The van der Waals surface area contributed by atoms with E-state index in [0.29, 0.717) is 25.2 Å². The first-order valence-electron chi connectivity index (χ1n) is 7.14. The molecule has 3 N–H and O–H groups in total. The molecule has 8 nitrogen and oxygen atoms in total. The van der Waals surface area contributed by atoms with Gasteiger partial charge in [0.2, 0.25) is 0 Å². The summed E-state index contributed by atoms with van der Waals surface area (Å²) in [6.45, 7) is 7.44. The SMILES string of the molecule is CON(C)C(=O)C(CCCN=C(C)N)NC(=O)OC(C)(C)C. The van der Waals surface area contributed by atoms with Gasteiger partial charge in [-0.3, -0.25) is 14.6 Å². The molecule has 0 spiro atoms. The third-order valence-corrected chi connectivity index (χ3v) is 2.59. The zero-order chi connectivity index (χ0) is 17.3. The number of nitrogens with two attached hydrogens (primary N) is 1. The molecule has 0 aliphatic heterocycles. The van der Waals surface area contributed by atoms with Gasteiger partial charge in [0.1, 0.15) is 11.6 Å². The van der Waals surface area contributed by atoms with Crippen molar-refractivity contribution in [3.63, 3.8) is 0 Å². The topological polar surface area (TPSA) is 106 Å². The lowest BCUT2D eigenvalue weighted by molar-refractivity contribution is -0.171. The zero-order valence-electron chi connectivity index (χ0n) is 14.3. The Bertz CT molecular complexity index is 400. The van der Waals surface area contributed by atoms with Gasteiger partial charge in [-0.05, 0) is 40.5 Å². The van der Waals surface area contributed by atoms with E-state index in [4.69, 9.17) is 15.3 Å². The first-order chi connectivity index (χ1) is 10.1. The van der Waals surface area contributed by atoms with Gasteiger partial charge in [0.25, 0.3) is 5.91 Å². The van der Waals surface area contributed by atoms with E-state index in [0.717, 1.165) is 5.06 Å². The third kappa shape index (κ3) is 9.17. The Kier molecular flexibility index (Phi) is 8.47. The molecule has 0 aliphatic rings. The predicted octanol–water partition coefficient (Wildman–Crippen LogP) is 1.06. The molecule has 128 valence electrons. The summed E-state index contributed by atoms with van der Waals surface area (Å²) >= 11 is 0. The summed E-state index contributed by atoms with van der Waals surface area (Å²) in [5.41, 5.74) is 4.82. The summed E-state index contributed by atoms with van der Waals surface area (Å²) < 4.78 is 5.17. The lowest BCUT2D eigenvalue weighted by atomic mass is 10.1. The molecule has 1 atom stereocenters. The van der Waals surface area contributed by atoms with Gasteiger partial charge < -0.3 is 15.8 Å². The highest BCUT2D eigenvalue weighted by molar-refractivity contribution is 5.84. The first kappa shape index (κ1) is 20.2. The number of hydrogen-bond donors (Lipinski definition) is 2. The number of alkyl carbamates (subject to hydrolysis) is 1. The average molecular weight is 316 g/mol. The number of rotatable bonds is 7. The summed E-state index contributed by atoms with van der Waals surface area (Å²) in [4.78, 5) is 32.9. The van der Waals surface area contributed by atoms with Crippen LogP contribution in [0.3, 0.4) is 0 Å². The van der Waals surface area contributed by atoms with Crippen molar-refractivity contribution in [1.29, 1.82) is 0 Å². The van der Waals surface area contributed by atoms with Gasteiger partial charge >= 0.3 is 6.09 Å². The first-order valence-corrected chi connectivity index (χ1v) is 7.14. The van der Waals surface area contributed by atoms with Crippen molar-refractivity contribution in [3.8, 4) is 0 Å². The molecule has 22 heavy (non-hydrogen) atoms. The highest BCUT2D eigenvalue weighted by Crippen LogP contribution is 2.09. The second-order valence-electron chi connectivity index (χ2n) is 5.88. The van der Waals surface area contributed by atoms with Gasteiger partial charge in [-0.2, -0.15) is 0 Å². The van der Waals surface area contributed by atoms with E-state index in [1.54, 1.807) is 27.7 Å². The Morgan fingerprint density at radius 2 is 1.95 bits per heavy atom. The fraction of sp³-hybridized carbons (Fsp3) is 0.786. The molecule has 0 aromatic carbocycles. The van der Waals surface area contributed by atoms with Crippen molar-refractivity contribution in [2.45, 2.75) is 52.2 Å². The lowest BCUT2D eigenvalue weighted by Gasteiger charge is -2.25. The van der Waals surface area contributed by atoms with Crippen LogP contribution in [0.1, 0.15) is 40.5 Å². The molecule has 0 aromatic rings. The molecule has 0 heterocycles. The highest BCUT2D eigenvalue weighted by atomic mass is 16.7. The predicted molar refractivity (Wildman–Crippen MR) is 84.3 cm³/mol. The number of amidine groups is 1. The van der Waals surface area contributed by atoms with Crippen molar-refractivity contribution in [3.05, 3.63) is 0 Å². The standard InChI is InChI=1S/C14H28N4O4/c1-10(15)16-9-7-8-11(12(19)18(5)21-6)17-13(20)22-14(2,3)4/h11H,7-9H2,1-6H3,(H2,15,16)(H,17,20). The number of likely N-dealkylation sites (N-methyl/N-ethyl adjacent to an activating group) is 1. The fourth-order valence-corrected chi connectivity index (χ4v) is 1.57. The monoisotopic (exact) mass is 316 g/mol. The minimum atomic E-state index is -0.743. The number of hydrogen-bond acceptors (Lipinski definition) is 5. The van der Waals surface area contributed by atoms with Gasteiger partial charge in [0.15, 0.2) is 0 Å². The maximum atomic E-state index is 12.2. The van der Waals surface area contributed by atoms with Gasteiger partial charge in [0, 0.05) is 13.6 Å². The van der Waals surface area contributed by atoms with Crippen molar-refractivity contribution >= 4 is 17.8 Å². The number of ether oxygens (including phenoxy) is 1. The van der Waals surface area contributed by atoms with Crippen LogP contribution in [-0.4, -0.2) is 55.2 Å². The van der Waals surface area contributed by atoms with Gasteiger partial charge in [0.05, 0.1) is 12.9 Å². The molecule has 0 fully saturated rings. The number of hydroxylamine groups is 2. The van der Waals surface area contributed by atoms with Gasteiger partial charge in [-0.15, -0.1) is 0 Å². The molecule has 0 aromatic heterocycles. The van der Waals surface area contributed by atoms with E-state index in [9.17, 15) is 9.59 Å². The van der Waals surface area contributed by atoms with Crippen LogP contribution in [0.4, 0.5) is 4.79 Å². The number of nitrogens with zero attached hydrogens (tertiary/aromatic N) is 2. The van der Waals surface area contributed by atoms with E-state index in [-0.39, 0.29) is 5.91 Å². The summed E-state index contributed by atoms with van der Waals surface area (Å²) in [7, 11) is 2.86. The third-order valence-electron chi connectivity index (χ3n) is 2.59. The largest absolute Gasteiger partial charge is 0.444 e. The van der Waals surface area contributed by atoms with Crippen LogP contribution < -0.4 is 11.1 Å². The Morgan fingerprint density at radius 1 is 1.36 bits per heavy atom. The summed E-state index contributed by atoms with van der Waals surface area (Å²) in [6, 6.07) is -0.743. The number of nitrogens with one attached hydrogen (secondary N) is 1. The zero-order valence-corrected chi connectivity index (χ0v) is 14.3. The molecule has 0 radical (unpaired) electrons. The normalized spacial score (nSPS) is 13.5. The average Bonchev–Trinajstić information content (AvgIpc) is 2.38. The van der Waals surface area contributed by atoms with Crippen LogP contribution >= 0.6 is 0 Å². The number of carbonyl (C=O) groups excluding carboxylic acids is 2. The molecule has 1 unspecified atom stereocenters. The maximum absolute atomic E-state index is 12.2. The quantitative estimate of drug-likeness (QED) is 0.316.